The molecule has 2 aliphatic rings. The topological polar surface area (TPSA) is 0 Å². The molecule has 0 aliphatic heterocycles. The molecule has 0 saturated heterocycles. The van der Waals surface area contributed by atoms with Gasteiger partial charge < -0.3 is 0 Å². The van der Waals surface area contributed by atoms with Crippen LogP contribution >= 0.6 is 0 Å². The zero-order valence-corrected chi connectivity index (χ0v) is 11.8. The molecule has 0 aromatic rings. The predicted molar refractivity (Wildman–Crippen MR) is 71.4 cm³/mol. The van der Waals surface area contributed by atoms with Gasteiger partial charge in [0.15, 0.2) is 0 Å². The molecule has 0 radical (unpaired) electrons. The quantitative estimate of drug-likeness (QED) is 0.486. The lowest BCUT2D eigenvalue weighted by Gasteiger charge is -2.46. The average molecular weight is 218 g/mol. The first kappa shape index (κ1) is 12.0. The van der Waals surface area contributed by atoms with E-state index < -0.39 is 0 Å². The lowest BCUT2D eigenvalue weighted by molar-refractivity contribution is 0.250. The smallest absolute Gasteiger partial charge is 0.0100 e. The molecule has 0 bridgehead atoms. The average Bonchev–Trinajstić information content (AvgIpc) is 2.17. The summed E-state index contributed by atoms with van der Waals surface area (Å²) in [6, 6.07) is 0. The minimum Gasteiger partial charge on any atom is -0.0700 e. The summed E-state index contributed by atoms with van der Waals surface area (Å²) < 4.78 is 0. The Morgan fingerprint density at radius 3 is 1.31 bits per heavy atom. The second-order valence-electron chi connectivity index (χ2n) is 7.14. The summed E-state index contributed by atoms with van der Waals surface area (Å²) in [5.74, 6) is 0. The molecule has 0 atom stereocenters. The van der Waals surface area contributed by atoms with E-state index in [0.29, 0.717) is 10.8 Å². The normalized spacial score (nSPS) is 28.1. The molecule has 0 aromatic heterocycles. The number of allylic oxidation sites excluding steroid dienone is 4. The summed E-state index contributed by atoms with van der Waals surface area (Å²) in [6.07, 6.45) is 5.17. The summed E-state index contributed by atoms with van der Waals surface area (Å²) in [5.41, 5.74) is 7.62. The summed E-state index contributed by atoms with van der Waals surface area (Å²) in [5, 5.41) is 0. The SMILES string of the molecule is CC1=C(C)CC2=C(C1)C(C)(C)CCC2(C)C. The van der Waals surface area contributed by atoms with Crippen molar-refractivity contribution in [2.24, 2.45) is 10.8 Å². The van der Waals surface area contributed by atoms with Crippen LogP contribution in [0, 0.1) is 10.8 Å². The summed E-state index contributed by atoms with van der Waals surface area (Å²) in [4.78, 5) is 0. The minimum absolute atomic E-state index is 0.437. The van der Waals surface area contributed by atoms with Crippen molar-refractivity contribution in [2.45, 2.75) is 67.2 Å². The molecule has 0 unspecified atom stereocenters. The Labute approximate surface area is 101 Å². The van der Waals surface area contributed by atoms with Gasteiger partial charge >= 0.3 is 0 Å². The fourth-order valence-corrected chi connectivity index (χ4v) is 3.27. The van der Waals surface area contributed by atoms with Gasteiger partial charge in [0.25, 0.3) is 0 Å². The molecule has 0 fully saturated rings. The maximum atomic E-state index is 2.44. The fraction of sp³-hybridized carbons (Fsp3) is 0.750. The highest BCUT2D eigenvalue weighted by Gasteiger charge is 2.40. The molecule has 2 aliphatic carbocycles. The molecule has 2 rings (SSSR count). The third-order valence-electron chi connectivity index (χ3n) is 4.99. The summed E-state index contributed by atoms with van der Waals surface area (Å²) in [6.45, 7) is 14.4. The Morgan fingerprint density at radius 1 is 0.688 bits per heavy atom. The Hall–Kier alpha value is -0.520. The van der Waals surface area contributed by atoms with E-state index in [2.05, 4.69) is 41.5 Å². The minimum atomic E-state index is 0.437. The van der Waals surface area contributed by atoms with Crippen molar-refractivity contribution < 1.29 is 0 Å². The maximum Gasteiger partial charge on any atom is -0.0100 e. The van der Waals surface area contributed by atoms with Gasteiger partial charge in [-0.2, -0.15) is 0 Å². The third kappa shape index (κ3) is 1.77. The van der Waals surface area contributed by atoms with Crippen molar-refractivity contribution in [1.29, 1.82) is 0 Å². The van der Waals surface area contributed by atoms with Crippen LogP contribution in [0.4, 0.5) is 0 Å². The monoisotopic (exact) mass is 218 g/mol. The number of rotatable bonds is 0. The molecule has 90 valence electrons. The summed E-state index contributed by atoms with van der Waals surface area (Å²) in [7, 11) is 0. The van der Waals surface area contributed by atoms with Crippen LogP contribution in [0.1, 0.15) is 67.2 Å². The van der Waals surface area contributed by atoms with Crippen molar-refractivity contribution >= 4 is 0 Å². The molecule has 0 heteroatoms. The third-order valence-corrected chi connectivity index (χ3v) is 4.99. The standard InChI is InChI=1S/C16H26/c1-11-9-13-14(10-12(11)2)16(5,6)8-7-15(13,3)4/h7-10H2,1-6H3. The van der Waals surface area contributed by atoms with Gasteiger partial charge in [-0.15, -0.1) is 0 Å². The van der Waals surface area contributed by atoms with E-state index in [4.69, 9.17) is 0 Å². The van der Waals surface area contributed by atoms with Crippen LogP contribution in [0.5, 0.6) is 0 Å². The van der Waals surface area contributed by atoms with Gasteiger partial charge in [-0.25, -0.2) is 0 Å². The van der Waals surface area contributed by atoms with E-state index >= 15 is 0 Å². The second-order valence-corrected chi connectivity index (χ2v) is 7.14. The molecular weight excluding hydrogens is 192 g/mol. The van der Waals surface area contributed by atoms with E-state index in [-0.39, 0.29) is 0 Å². The van der Waals surface area contributed by atoms with Crippen LogP contribution in [-0.2, 0) is 0 Å². The van der Waals surface area contributed by atoms with Crippen LogP contribution in [0.25, 0.3) is 0 Å². The van der Waals surface area contributed by atoms with Crippen LogP contribution in [0.2, 0.25) is 0 Å². The van der Waals surface area contributed by atoms with Crippen LogP contribution in [0.15, 0.2) is 22.3 Å². The van der Waals surface area contributed by atoms with Gasteiger partial charge in [0, 0.05) is 0 Å². The Morgan fingerprint density at radius 2 is 1.00 bits per heavy atom. The molecule has 16 heavy (non-hydrogen) atoms. The highest BCUT2D eigenvalue weighted by Crippen LogP contribution is 2.54. The van der Waals surface area contributed by atoms with Crippen LogP contribution in [0.3, 0.4) is 0 Å². The van der Waals surface area contributed by atoms with Crippen molar-refractivity contribution in [3.05, 3.63) is 22.3 Å². The highest BCUT2D eigenvalue weighted by molar-refractivity contribution is 5.40. The highest BCUT2D eigenvalue weighted by atomic mass is 14.4. The lowest BCUT2D eigenvalue weighted by Crippen LogP contribution is -2.32. The zero-order chi connectivity index (χ0) is 12.1. The van der Waals surface area contributed by atoms with Gasteiger partial charge in [-0.05, 0) is 50.4 Å². The van der Waals surface area contributed by atoms with Crippen LogP contribution in [-0.4, -0.2) is 0 Å². The molecule has 0 aromatic carbocycles. The van der Waals surface area contributed by atoms with E-state index in [0.717, 1.165) is 0 Å². The van der Waals surface area contributed by atoms with E-state index in [1.165, 1.54) is 25.7 Å². The van der Waals surface area contributed by atoms with E-state index in [1.54, 1.807) is 22.3 Å². The van der Waals surface area contributed by atoms with Gasteiger partial charge in [0.2, 0.25) is 0 Å². The van der Waals surface area contributed by atoms with Crippen molar-refractivity contribution in [3.8, 4) is 0 Å². The molecule has 0 heterocycles. The first-order valence-corrected chi connectivity index (χ1v) is 6.62. The molecule has 0 saturated carbocycles. The maximum absolute atomic E-state index is 2.44. The Bertz CT molecular complexity index is 339. The molecule has 0 nitrogen and oxygen atoms in total. The van der Waals surface area contributed by atoms with Gasteiger partial charge in [0.05, 0.1) is 0 Å². The summed E-state index contributed by atoms with van der Waals surface area (Å²) >= 11 is 0. The van der Waals surface area contributed by atoms with Crippen molar-refractivity contribution in [2.75, 3.05) is 0 Å². The zero-order valence-electron chi connectivity index (χ0n) is 11.8. The number of hydrogen-bond donors (Lipinski definition) is 0. The number of hydrogen-bond acceptors (Lipinski definition) is 0. The first-order valence-electron chi connectivity index (χ1n) is 6.62. The van der Waals surface area contributed by atoms with E-state index in [9.17, 15) is 0 Å². The van der Waals surface area contributed by atoms with Crippen molar-refractivity contribution in [1.82, 2.24) is 0 Å². The molecular formula is C16H26. The second kappa shape index (κ2) is 3.48. The van der Waals surface area contributed by atoms with Crippen LogP contribution < -0.4 is 0 Å². The molecule has 0 N–H and O–H groups in total. The van der Waals surface area contributed by atoms with Gasteiger partial charge in [-0.1, -0.05) is 50.0 Å². The lowest BCUT2D eigenvalue weighted by atomic mass is 9.59. The van der Waals surface area contributed by atoms with Gasteiger partial charge in [0.1, 0.15) is 0 Å². The Balaban J connectivity index is 2.48. The fourth-order valence-electron chi connectivity index (χ4n) is 3.27. The molecule has 0 spiro atoms. The van der Waals surface area contributed by atoms with Crippen molar-refractivity contribution in [3.63, 3.8) is 0 Å². The first-order chi connectivity index (χ1) is 7.24. The molecule has 0 amide bonds. The largest absolute Gasteiger partial charge is 0.0700 e. The van der Waals surface area contributed by atoms with E-state index in [1.807, 2.05) is 0 Å². The Kier molecular flexibility index (Phi) is 2.60. The van der Waals surface area contributed by atoms with Gasteiger partial charge in [-0.3, -0.25) is 0 Å². The predicted octanol–water partition coefficient (Wildman–Crippen LogP) is 5.26.